The van der Waals surface area contributed by atoms with Gasteiger partial charge in [-0.25, -0.2) is 4.68 Å². The summed E-state index contributed by atoms with van der Waals surface area (Å²) < 4.78 is 1.86. The lowest BCUT2D eigenvalue weighted by Crippen LogP contribution is -2.36. The van der Waals surface area contributed by atoms with Gasteiger partial charge in [-0.05, 0) is 41.3 Å². The first-order chi connectivity index (χ1) is 11.8. The molecule has 0 radical (unpaired) electrons. The number of fused-ring (bicyclic) bond motifs is 1. The zero-order valence-corrected chi connectivity index (χ0v) is 13.5. The van der Waals surface area contributed by atoms with Gasteiger partial charge in [-0.3, -0.25) is 4.90 Å². The minimum atomic E-state index is 0.0840. The molecule has 1 atom stereocenters. The van der Waals surface area contributed by atoms with E-state index in [1.807, 2.05) is 16.9 Å². The maximum atomic E-state index is 9.90. The Labute approximate surface area is 142 Å². The van der Waals surface area contributed by atoms with Crippen LogP contribution in [0.25, 0.3) is 5.69 Å². The highest BCUT2D eigenvalue weighted by molar-refractivity contribution is 5.35. The molecule has 1 N–H and O–H groups in total. The molecule has 4 heteroatoms. The Morgan fingerprint density at radius 3 is 2.62 bits per heavy atom. The van der Waals surface area contributed by atoms with E-state index in [9.17, 15) is 5.11 Å². The topological polar surface area (TPSA) is 41.3 Å². The summed E-state index contributed by atoms with van der Waals surface area (Å²) in [6, 6.07) is 18.9. The van der Waals surface area contributed by atoms with Crippen molar-refractivity contribution in [2.24, 2.45) is 0 Å². The largest absolute Gasteiger partial charge is 0.394 e. The second kappa shape index (κ2) is 6.59. The summed E-state index contributed by atoms with van der Waals surface area (Å²) in [7, 11) is 0. The van der Waals surface area contributed by atoms with Gasteiger partial charge < -0.3 is 5.11 Å². The van der Waals surface area contributed by atoms with Gasteiger partial charge in [0.15, 0.2) is 0 Å². The van der Waals surface area contributed by atoms with E-state index in [2.05, 4.69) is 58.5 Å². The van der Waals surface area contributed by atoms with E-state index in [4.69, 9.17) is 0 Å². The molecule has 0 aliphatic carbocycles. The van der Waals surface area contributed by atoms with Gasteiger partial charge in [-0.15, -0.1) is 0 Å². The van der Waals surface area contributed by atoms with Crippen molar-refractivity contribution in [2.45, 2.75) is 19.0 Å². The van der Waals surface area contributed by atoms with Gasteiger partial charge >= 0.3 is 0 Å². The summed E-state index contributed by atoms with van der Waals surface area (Å²) in [5, 5.41) is 14.2. The van der Waals surface area contributed by atoms with Crippen molar-refractivity contribution < 1.29 is 5.11 Å². The third-order valence-corrected chi connectivity index (χ3v) is 4.79. The molecule has 0 bridgehead atoms. The van der Waals surface area contributed by atoms with Gasteiger partial charge in [-0.1, -0.05) is 36.4 Å². The number of rotatable bonds is 4. The molecule has 0 saturated heterocycles. The van der Waals surface area contributed by atoms with E-state index in [1.165, 1.54) is 16.7 Å². The van der Waals surface area contributed by atoms with E-state index in [-0.39, 0.29) is 12.6 Å². The van der Waals surface area contributed by atoms with E-state index in [0.717, 1.165) is 25.2 Å². The Hall–Kier alpha value is -2.43. The van der Waals surface area contributed by atoms with Crippen molar-refractivity contribution in [3.8, 4) is 5.69 Å². The molecule has 1 aliphatic rings. The second-order valence-corrected chi connectivity index (χ2v) is 6.23. The lowest BCUT2D eigenvalue weighted by molar-refractivity contribution is 0.108. The van der Waals surface area contributed by atoms with Gasteiger partial charge in [0.1, 0.15) is 0 Å². The van der Waals surface area contributed by atoms with Gasteiger partial charge in [0.2, 0.25) is 0 Å². The molecule has 4 rings (SSSR count). The molecule has 2 heterocycles. The van der Waals surface area contributed by atoms with Gasteiger partial charge in [0, 0.05) is 25.5 Å². The number of benzene rings is 2. The third-order valence-electron chi connectivity index (χ3n) is 4.79. The smallest absolute Gasteiger partial charge is 0.0645 e. The van der Waals surface area contributed by atoms with Crippen LogP contribution < -0.4 is 0 Å². The fourth-order valence-corrected chi connectivity index (χ4v) is 3.52. The van der Waals surface area contributed by atoms with Crippen LogP contribution in [0.2, 0.25) is 0 Å². The quantitative estimate of drug-likeness (QED) is 0.804. The number of aliphatic hydroxyl groups excluding tert-OH is 1. The summed E-state index contributed by atoms with van der Waals surface area (Å²) in [6.07, 6.45) is 4.77. The van der Waals surface area contributed by atoms with Crippen LogP contribution in [0.15, 0.2) is 67.0 Å². The summed E-state index contributed by atoms with van der Waals surface area (Å²) in [4.78, 5) is 2.37. The highest BCUT2D eigenvalue weighted by atomic mass is 16.3. The van der Waals surface area contributed by atoms with E-state index < -0.39 is 0 Å². The van der Waals surface area contributed by atoms with Crippen LogP contribution >= 0.6 is 0 Å². The SMILES string of the molecule is OCC1c2ccccc2CCN1Cc1ccc(-n2cccn2)cc1. The molecule has 3 aromatic rings. The number of aliphatic hydroxyl groups is 1. The van der Waals surface area contributed by atoms with Crippen LogP contribution in [0.3, 0.4) is 0 Å². The molecular weight excluding hydrogens is 298 g/mol. The maximum Gasteiger partial charge on any atom is 0.0645 e. The molecular formula is C20H21N3O. The minimum absolute atomic E-state index is 0.0840. The fourth-order valence-electron chi connectivity index (χ4n) is 3.52. The molecule has 2 aromatic carbocycles. The maximum absolute atomic E-state index is 9.90. The van der Waals surface area contributed by atoms with Gasteiger partial charge in [-0.2, -0.15) is 5.10 Å². The average Bonchev–Trinajstić information content (AvgIpc) is 3.17. The highest BCUT2D eigenvalue weighted by Crippen LogP contribution is 2.30. The number of hydrogen-bond donors (Lipinski definition) is 1. The van der Waals surface area contributed by atoms with E-state index in [1.54, 1.807) is 6.20 Å². The first-order valence-corrected chi connectivity index (χ1v) is 8.37. The summed E-state index contributed by atoms with van der Waals surface area (Å²) in [5.74, 6) is 0. The molecule has 1 aromatic heterocycles. The van der Waals surface area contributed by atoms with Crippen LogP contribution in [0.5, 0.6) is 0 Å². The number of hydrogen-bond acceptors (Lipinski definition) is 3. The summed E-state index contributed by atoms with van der Waals surface area (Å²) in [5.41, 5.74) is 4.94. The molecule has 0 spiro atoms. The lowest BCUT2D eigenvalue weighted by atomic mass is 9.92. The zero-order chi connectivity index (χ0) is 16.4. The Balaban J connectivity index is 1.53. The molecule has 24 heavy (non-hydrogen) atoms. The Kier molecular flexibility index (Phi) is 4.15. The van der Waals surface area contributed by atoms with Crippen molar-refractivity contribution in [3.05, 3.63) is 83.7 Å². The molecule has 1 aliphatic heterocycles. The van der Waals surface area contributed by atoms with Crippen LogP contribution in [0.1, 0.15) is 22.7 Å². The zero-order valence-electron chi connectivity index (χ0n) is 13.5. The van der Waals surface area contributed by atoms with Crippen molar-refractivity contribution in [1.82, 2.24) is 14.7 Å². The van der Waals surface area contributed by atoms with Crippen LogP contribution in [0, 0.1) is 0 Å². The van der Waals surface area contributed by atoms with Gasteiger partial charge in [0.05, 0.1) is 18.3 Å². The Morgan fingerprint density at radius 1 is 1.04 bits per heavy atom. The number of nitrogens with zero attached hydrogens (tertiary/aromatic N) is 3. The standard InChI is InChI=1S/C20H21N3O/c24-15-20-19-5-2-1-4-17(19)10-13-22(20)14-16-6-8-18(9-7-16)23-12-3-11-21-23/h1-9,11-12,20,24H,10,13-15H2. The van der Waals surface area contributed by atoms with Crippen molar-refractivity contribution in [1.29, 1.82) is 0 Å². The molecule has 4 nitrogen and oxygen atoms in total. The molecule has 0 saturated carbocycles. The third kappa shape index (κ3) is 2.86. The Morgan fingerprint density at radius 2 is 1.88 bits per heavy atom. The molecule has 1 unspecified atom stereocenters. The normalized spacial score (nSPS) is 17.6. The highest BCUT2D eigenvalue weighted by Gasteiger charge is 2.26. The summed E-state index contributed by atoms with van der Waals surface area (Å²) in [6.45, 7) is 1.98. The second-order valence-electron chi connectivity index (χ2n) is 6.23. The first kappa shape index (κ1) is 15.1. The van der Waals surface area contributed by atoms with Crippen LogP contribution in [0.4, 0.5) is 0 Å². The number of aromatic nitrogens is 2. The predicted octanol–water partition coefficient (Wildman–Crippen LogP) is 2.96. The van der Waals surface area contributed by atoms with Crippen molar-refractivity contribution in [2.75, 3.05) is 13.2 Å². The molecule has 122 valence electrons. The predicted molar refractivity (Wildman–Crippen MR) is 93.9 cm³/mol. The van der Waals surface area contributed by atoms with Crippen LogP contribution in [-0.2, 0) is 13.0 Å². The van der Waals surface area contributed by atoms with E-state index >= 15 is 0 Å². The Bertz CT molecular complexity index is 796. The fraction of sp³-hybridized carbons (Fsp3) is 0.250. The average molecular weight is 319 g/mol. The van der Waals surface area contributed by atoms with E-state index in [0.29, 0.717) is 0 Å². The molecule has 0 fully saturated rings. The van der Waals surface area contributed by atoms with Crippen LogP contribution in [-0.4, -0.2) is 32.9 Å². The lowest BCUT2D eigenvalue weighted by Gasteiger charge is -2.36. The monoisotopic (exact) mass is 319 g/mol. The van der Waals surface area contributed by atoms with Gasteiger partial charge in [0.25, 0.3) is 0 Å². The summed E-state index contributed by atoms with van der Waals surface area (Å²) >= 11 is 0. The van der Waals surface area contributed by atoms with Crippen molar-refractivity contribution >= 4 is 0 Å². The first-order valence-electron chi connectivity index (χ1n) is 8.37. The minimum Gasteiger partial charge on any atom is -0.394 e. The van der Waals surface area contributed by atoms with Crippen molar-refractivity contribution in [3.63, 3.8) is 0 Å². The molecule has 0 amide bonds.